The fraction of sp³-hybridized carbons (Fsp3) is 0.136. The highest BCUT2D eigenvalue weighted by atomic mass is 127. The van der Waals surface area contributed by atoms with E-state index in [9.17, 15) is 10.1 Å². The first-order valence-corrected chi connectivity index (χ1v) is 9.89. The van der Waals surface area contributed by atoms with Gasteiger partial charge >= 0.3 is 0 Å². The summed E-state index contributed by atoms with van der Waals surface area (Å²) >= 11 is 2.20. The Bertz CT molecular complexity index is 1050. The molecule has 0 unspecified atom stereocenters. The number of ether oxygens (including phenoxy) is 2. The number of aliphatic imine (C=N–C) groups is 1. The maximum atomic E-state index is 10.8. The van der Waals surface area contributed by atoms with Crippen molar-refractivity contribution in [3.05, 3.63) is 91.0 Å². The molecule has 0 bridgehead atoms. The predicted molar refractivity (Wildman–Crippen MR) is 122 cm³/mol. The highest BCUT2D eigenvalue weighted by Gasteiger charge is 2.12. The Morgan fingerprint density at radius 2 is 1.86 bits per heavy atom. The highest BCUT2D eigenvalue weighted by Crippen LogP contribution is 2.34. The van der Waals surface area contributed by atoms with E-state index in [0.29, 0.717) is 11.5 Å². The summed E-state index contributed by atoms with van der Waals surface area (Å²) in [7, 11) is 1.59. The number of benzene rings is 3. The third kappa shape index (κ3) is 5.32. The predicted octanol–water partition coefficient (Wildman–Crippen LogP) is 5.85. The average Bonchev–Trinajstić information content (AvgIpc) is 2.72. The minimum atomic E-state index is -0.423. The first-order chi connectivity index (χ1) is 14.0. The topological polar surface area (TPSA) is 74.0 Å². The molecule has 0 amide bonds. The second-order valence-electron chi connectivity index (χ2n) is 6.29. The smallest absolute Gasteiger partial charge is 0.269 e. The van der Waals surface area contributed by atoms with Gasteiger partial charge in [0.25, 0.3) is 5.69 Å². The summed E-state index contributed by atoms with van der Waals surface area (Å²) in [6.07, 6.45) is 1.80. The van der Waals surface area contributed by atoms with Gasteiger partial charge in [-0.05, 0) is 76.5 Å². The number of para-hydroxylation sites is 1. The Kier molecular flexibility index (Phi) is 6.82. The van der Waals surface area contributed by atoms with Crippen LogP contribution in [0, 0.1) is 20.6 Å². The molecule has 0 aliphatic carbocycles. The van der Waals surface area contributed by atoms with Crippen molar-refractivity contribution in [3.63, 3.8) is 0 Å². The van der Waals surface area contributed by atoms with Crippen molar-refractivity contribution in [1.82, 2.24) is 0 Å². The van der Waals surface area contributed by atoms with E-state index in [1.165, 1.54) is 12.1 Å². The van der Waals surface area contributed by atoms with Crippen molar-refractivity contribution >= 4 is 40.2 Å². The monoisotopic (exact) mass is 502 g/mol. The number of non-ortho nitro benzene ring substituents is 1. The molecule has 6 nitrogen and oxygen atoms in total. The van der Waals surface area contributed by atoms with Crippen LogP contribution in [0.15, 0.2) is 65.7 Å². The number of nitrogens with zero attached hydrogens (tertiary/aromatic N) is 2. The molecule has 7 heteroatoms. The summed E-state index contributed by atoms with van der Waals surface area (Å²) in [5.74, 6) is 1.23. The zero-order chi connectivity index (χ0) is 20.8. The van der Waals surface area contributed by atoms with Gasteiger partial charge in [-0.1, -0.05) is 18.2 Å². The number of hydrogen-bond acceptors (Lipinski definition) is 5. The lowest BCUT2D eigenvalue weighted by Crippen LogP contribution is -2.01. The third-order valence-electron chi connectivity index (χ3n) is 4.25. The SMILES string of the molecule is COc1cc(C=Nc2ccccc2C)cc(I)c1OCc1ccc([N+](=O)[O-])cc1. The van der Waals surface area contributed by atoms with E-state index in [2.05, 4.69) is 27.6 Å². The fourth-order valence-electron chi connectivity index (χ4n) is 2.68. The van der Waals surface area contributed by atoms with E-state index >= 15 is 0 Å². The van der Waals surface area contributed by atoms with E-state index in [0.717, 1.165) is 25.9 Å². The lowest BCUT2D eigenvalue weighted by molar-refractivity contribution is -0.384. The van der Waals surface area contributed by atoms with Gasteiger partial charge in [0.15, 0.2) is 11.5 Å². The molecule has 0 fully saturated rings. The number of nitro groups is 1. The van der Waals surface area contributed by atoms with E-state index in [4.69, 9.17) is 9.47 Å². The molecular formula is C22H19IN2O4. The van der Waals surface area contributed by atoms with Crippen LogP contribution in [0.2, 0.25) is 0 Å². The van der Waals surface area contributed by atoms with Gasteiger partial charge in [0, 0.05) is 18.3 Å². The van der Waals surface area contributed by atoms with Crippen LogP contribution in [-0.4, -0.2) is 18.2 Å². The van der Waals surface area contributed by atoms with Gasteiger partial charge in [0.05, 0.1) is 21.3 Å². The van der Waals surface area contributed by atoms with Crippen LogP contribution in [0.4, 0.5) is 11.4 Å². The zero-order valence-electron chi connectivity index (χ0n) is 16.0. The van der Waals surface area contributed by atoms with Crippen molar-refractivity contribution in [2.45, 2.75) is 13.5 Å². The molecule has 0 saturated heterocycles. The molecule has 0 atom stereocenters. The third-order valence-corrected chi connectivity index (χ3v) is 5.05. The van der Waals surface area contributed by atoms with Crippen LogP contribution in [0.1, 0.15) is 16.7 Å². The summed E-state index contributed by atoms with van der Waals surface area (Å²) in [4.78, 5) is 14.9. The fourth-order valence-corrected chi connectivity index (χ4v) is 3.46. The Balaban J connectivity index is 1.77. The van der Waals surface area contributed by atoms with Crippen molar-refractivity contribution < 1.29 is 14.4 Å². The molecular weight excluding hydrogens is 483 g/mol. The molecule has 0 aliphatic heterocycles. The van der Waals surface area contributed by atoms with Gasteiger partial charge in [0.1, 0.15) is 6.61 Å². The number of halogens is 1. The first kappa shape index (κ1) is 20.8. The number of nitro benzene ring substituents is 1. The van der Waals surface area contributed by atoms with Gasteiger partial charge in [-0.25, -0.2) is 0 Å². The average molecular weight is 502 g/mol. The van der Waals surface area contributed by atoms with Crippen molar-refractivity contribution in [2.24, 2.45) is 4.99 Å². The molecule has 3 aromatic rings. The largest absolute Gasteiger partial charge is 0.493 e. The van der Waals surface area contributed by atoms with Crippen molar-refractivity contribution in [3.8, 4) is 11.5 Å². The summed E-state index contributed by atoms with van der Waals surface area (Å²) in [6, 6.07) is 18.1. The van der Waals surface area contributed by atoms with Crippen molar-refractivity contribution in [2.75, 3.05) is 7.11 Å². The van der Waals surface area contributed by atoms with Crippen molar-refractivity contribution in [1.29, 1.82) is 0 Å². The number of methoxy groups -OCH3 is 1. The van der Waals surface area contributed by atoms with Gasteiger partial charge in [0.2, 0.25) is 0 Å². The quantitative estimate of drug-likeness (QED) is 0.176. The van der Waals surface area contributed by atoms with Gasteiger partial charge in [-0.2, -0.15) is 0 Å². The Hall–Kier alpha value is -2.94. The molecule has 0 aliphatic rings. The maximum absolute atomic E-state index is 10.8. The second kappa shape index (κ2) is 9.51. The van der Waals surface area contributed by atoms with Gasteiger partial charge in [-0.3, -0.25) is 15.1 Å². The number of hydrogen-bond donors (Lipinski definition) is 0. The zero-order valence-corrected chi connectivity index (χ0v) is 18.1. The van der Waals surface area contributed by atoms with E-state index in [1.54, 1.807) is 25.5 Å². The number of aryl methyl sites for hydroxylation is 1. The molecule has 148 valence electrons. The van der Waals surface area contributed by atoms with Crippen LogP contribution in [0.25, 0.3) is 0 Å². The molecule has 0 saturated carbocycles. The Morgan fingerprint density at radius 1 is 1.14 bits per heavy atom. The summed E-state index contributed by atoms with van der Waals surface area (Å²) in [6.45, 7) is 2.30. The normalized spacial score (nSPS) is 10.9. The lowest BCUT2D eigenvalue weighted by Gasteiger charge is -2.13. The number of rotatable bonds is 7. The molecule has 3 aromatic carbocycles. The summed E-state index contributed by atoms with van der Waals surface area (Å²) in [5, 5.41) is 10.8. The molecule has 3 rings (SSSR count). The van der Waals surface area contributed by atoms with Crippen LogP contribution in [0.3, 0.4) is 0 Å². The first-order valence-electron chi connectivity index (χ1n) is 8.81. The highest BCUT2D eigenvalue weighted by molar-refractivity contribution is 14.1. The van der Waals surface area contributed by atoms with E-state index in [1.807, 2.05) is 43.3 Å². The minimum absolute atomic E-state index is 0.0539. The molecule has 0 aromatic heterocycles. The summed E-state index contributed by atoms with van der Waals surface area (Å²) in [5.41, 5.74) is 3.81. The maximum Gasteiger partial charge on any atom is 0.269 e. The minimum Gasteiger partial charge on any atom is -0.493 e. The van der Waals surface area contributed by atoms with Crippen LogP contribution >= 0.6 is 22.6 Å². The van der Waals surface area contributed by atoms with Crippen LogP contribution in [-0.2, 0) is 6.61 Å². The van der Waals surface area contributed by atoms with Crippen LogP contribution < -0.4 is 9.47 Å². The molecule has 0 heterocycles. The molecule has 0 N–H and O–H groups in total. The molecule has 0 spiro atoms. The Labute approximate surface area is 182 Å². The summed E-state index contributed by atoms with van der Waals surface area (Å²) < 4.78 is 12.3. The Morgan fingerprint density at radius 3 is 2.52 bits per heavy atom. The standard InChI is InChI=1S/C22H19IN2O4/c1-15-5-3-4-6-20(15)24-13-17-11-19(23)22(21(12-17)28-2)29-14-16-7-9-18(10-8-16)25(26)27/h3-13H,14H2,1-2H3. The van der Waals surface area contributed by atoms with Crippen LogP contribution in [0.5, 0.6) is 11.5 Å². The second-order valence-corrected chi connectivity index (χ2v) is 7.45. The van der Waals surface area contributed by atoms with Gasteiger partial charge in [-0.15, -0.1) is 0 Å². The van der Waals surface area contributed by atoms with E-state index in [-0.39, 0.29) is 12.3 Å². The molecule has 0 radical (unpaired) electrons. The molecule has 29 heavy (non-hydrogen) atoms. The van der Waals surface area contributed by atoms with Gasteiger partial charge < -0.3 is 9.47 Å². The van der Waals surface area contributed by atoms with E-state index < -0.39 is 4.92 Å². The lowest BCUT2D eigenvalue weighted by atomic mass is 10.2.